The number of benzene rings is 1. The lowest BCUT2D eigenvalue weighted by Gasteiger charge is -2.11. The van der Waals surface area contributed by atoms with Crippen LogP contribution in [0.2, 0.25) is 0 Å². The van der Waals surface area contributed by atoms with Crippen LogP contribution in [0.3, 0.4) is 0 Å². The van der Waals surface area contributed by atoms with Crippen LogP contribution in [0.15, 0.2) is 29.4 Å². The molecule has 3 aromatic rings. The molecule has 0 unspecified atom stereocenters. The quantitative estimate of drug-likeness (QED) is 0.290. The monoisotopic (exact) mass is 502 g/mol. The van der Waals surface area contributed by atoms with E-state index >= 15 is 0 Å². The molecule has 10 heteroatoms. The summed E-state index contributed by atoms with van der Waals surface area (Å²) in [7, 11) is 0. The van der Waals surface area contributed by atoms with Gasteiger partial charge in [-0.05, 0) is 57.4 Å². The van der Waals surface area contributed by atoms with Gasteiger partial charge in [0.2, 0.25) is 5.91 Å². The van der Waals surface area contributed by atoms with Crippen molar-refractivity contribution in [3.8, 4) is 5.75 Å². The van der Waals surface area contributed by atoms with Crippen LogP contribution in [0.4, 0.5) is 5.00 Å². The maximum absolute atomic E-state index is 12.6. The molecule has 0 aliphatic carbocycles. The molecule has 0 atom stereocenters. The first-order valence-electron chi connectivity index (χ1n) is 11.2. The number of ether oxygens (including phenoxy) is 2. The number of carbonyl (C=O) groups excluding carboxylic acids is 2. The number of aromatic nitrogens is 3. The van der Waals surface area contributed by atoms with Crippen molar-refractivity contribution in [3.05, 3.63) is 51.7 Å². The van der Waals surface area contributed by atoms with E-state index in [1.54, 1.807) is 13.0 Å². The highest BCUT2D eigenvalue weighted by Crippen LogP contribution is 2.30. The molecule has 0 fully saturated rings. The average Bonchev–Trinajstić information content (AvgIpc) is 3.42. The zero-order valence-corrected chi connectivity index (χ0v) is 21.8. The molecule has 0 bridgehead atoms. The molecule has 34 heavy (non-hydrogen) atoms. The fraction of sp³-hybridized carbons (Fsp3) is 0.417. The van der Waals surface area contributed by atoms with Crippen molar-refractivity contribution < 1.29 is 19.1 Å². The van der Waals surface area contributed by atoms with Crippen molar-refractivity contribution in [3.63, 3.8) is 0 Å². The van der Waals surface area contributed by atoms with Crippen LogP contribution >= 0.6 is 23.1 Å². The minimum absolute atomic E-state index is 0.137. The summed E-state index contributed by atoms with van der Waals surface area (Å²) in [5.74, 6) is 0.998. The lowest BCUT2D eigenvalue weighted by Crippen LogP contribution is -2.16. The van der Waals surface area contributed by atoms with Gasteiger partial charge in [-0.3, -0.25) is 4.79 Å². The fourth-order valence-corrected chi connectivity index (χ4v) is 5.06. The number of esters is 1. The summed E-state index contributed by atoms with van der Waals surface area (Å²) < 4.78 is 13.0. The number of aryl methyl sites for hydroxylation is 2. The number of nitrogens with zero attached hydrogens (tertiary/aromatic N) is 3. The Labute approximate surface area is 208 Å². The maximum atomic E-state index is 12.6. The number of amides is 1. The molecular formula is C24H30N4O4S2. The third kappa shape index (κ3) is 6.18. The lowest BCUT2D eigenvalue weighted by atomic mass is 10.1. The SMILES string of the molecule is CCOC(=O)c1cc(CC)sc1NC(=O)CSc1nnc(COc2cccc(C)c2C)n1CC. The largest absolute Gasteiger partial charge is 0.485 e. The van der Waals surface area contributed by atoms with E-state index in [-0.39, 0.29) is 24.9 Å². The van der Waals surface area contributed by atoms with E-state index in [0.29, 0.717) is 28.1 Å². The third-order valence-electron chi connectivity index (χ3n) is 5.23. The van der Waals surface area contributed by atoms with Crippen molar-refractivity contribution in [1.29, 1.82) is 0 Å². The summed E-state index contributed by atoms with van der Waals surface area (Å²) in [6.07, 6.45) is 0.772. The minimum Gasteiger partial charge on any atom is -0.485 e. The van der Waals surface area contributed by atoms with Gasteiger partial charge in [0, 0.05) is 11.4 Å². The number of thioether (sulfide) groups is 1. The van der Waals surface area contributed by atoms with Crippen LogP contribution < -0.4 is 10.1 Å². The molecule has 182 valence electrons. The number of rotatable bonds is 11. The van der Waals surface area contributed by atoms with Crippen molar-refractivity contribution in [2.75, 3.05) is 17.7 Å². The molecule has 3 rings (SSSR count). The lowest BCUT2D eigenvalue weighted by molar-refractivity contribution is -0.113. The molecule has 0 radical (unpaired) electrons. The van der Waals surface area contributed by atoms with Gasteiger partial charge in [0.15, 0.2) is 11.0 Å². The Hall–Kier alpha value is -2.85. The normalized spacial score (nSPS) is 10.9. The van der Waals surface area contributed by atoms with Gasteiger partial charge in [-0.25, -0.2) is 4.79 Å². The summed E-state index contributed by atoms with van der Waals surface area (Å²) >= 11 is 2.68. The van der Waals surface area contributed by atoms with Gasteiger partial charge in [0.05, 0.1) is 17.9 Å². The van der Waals surface area contributed by atoms with E-state index in [4.69, 9.17) is 9.47 Å². The second kappa shape index (κ2) is 12.0. The number of anilines is 1. The van der Waals surface area contributed by atoms with Gasteiger partial charge < -0.3 is 19.4 Å². The van der Waals surface area contributed by atoms with E-state index in [2.05, 4.69) is 15.5 Å². The van der Waals surface area contributed by atoms with Crippen LogP contribution in [0, 0.1) is 13.8 Å². The molecule has 0 saturated heterocycles. The summed E-state index contributed by atoms with van der Waals surface area (Å²) in [4.78, 5) is 25.9. The molecule has 0 saturated carbocycles. The van der Waals surface area contributed by atoms with E-state index in [1.165, 1.54) is 28.7 Å². The highest BCUT2D eigenvalue weighted by Gasteiger charge is 2.20. The third-order valence-corrected chi connectivity index (χ3v) is 7.40. The molecule has 2 heterocycles. The molecule has 0 aliphatic heterocycles. The van der Waals surface area contributed by atoms with E-state index in [1.807, 2.05) is 50.5 Å². The summed E-state index contributed by atoms with van der Waals surface area (Å²) in [5, 5.41) is 12.5. The molecular weight excluding hydrogens is 472 g/mol. The molecule has 2 aromatic heterocycles. The Morgan fingerprint density at radius 3 is 2.68 bits per heavy atom. The zero-order chi connectivity index (χ0) is 24.7. The molecule has 1 aromatic carbocycles. The number of carbonyl (C=O) groups is 2. The predicted molar refractivity (Wildman–Crippen MR) is 135 cm³/mol. The average molecular weight is 503 g/mol. The van der Waals surface area contributed by atoms with Crippen molar-refractivity contribution in [2.24, 2.45) is 0 Å². The molecule has 1 N–H and O–H groups in total. The van der Waals surface area contributed by atoms with Crippen LogP contribution in [0.5, 0.6) is 5.75 Å². The number of thiophene rings is 1. The highest BCUT2D eigenvalue weighted by molar-refractivity contribution is 7.99. The van der Waals surface area contributed by atoms with E-state index in [9.17, 15) is 9.59 Å². The van der Waals surface area contributed by atoms with Gasteiger partial charge >= 0.3 is 5.97 Å². The van der Waals surface area contributed by atoms with Crippen molar-refractivity contribution >= 4 is 40.0 Å². The Morgan fingerprint density at radius 1 is 1.18 bits per heavy atom. The van der Waals surface area contributed by atoms with Crippen LogP contribution in [0.1, 0.15) is 53.0 Å². The van der Waals surface area contributed by atoms with E-state index in [0.717, 1.165) is 22.6 Å². The van der Waals surface area contributed by atoms with Crippen LogP contribution in [0.25, 0.3) is 0 Å². The summed E-state index contributed by atoms with van der Waals surface area (Å²) in [6.45, 7) is 11.0. The number of hydrogen-bond donors (Lipinski definition) is 1. The topological polar surface area (TPSA) is 95.3 Å². The number of hydrogen-bond acceptors (Lipinski definition) is 8. The van der Waals surface area contributed by atoms with Gasteiger partial charge in [-0.2, -0.15) is 0 Å². The number of nitrogens with one attached hydrogen (secondary N) is 1. The van der Waals surface area contributed by atoms with Crippen LogP contribution in [-0.4, -0.2) is 39.0 Å². The van der Waals surface area contributed by atoms with Crippen molar-refractivity contribution in [2.45, 2.75) is 59.3 Å². The van der Waals surface area contributed by atoms with Gasteiger partial charge in [0.25, 0.3) is 0 Å². The Kier molecular flexibility index (Phi) is 9.12. The summed E-state index contributed by atoms with van der Waals surface area (Å²) in [6, 6.07) is 7.73. The predicted octanol–water partition coefficient (Wildman–Crippen LogP) is 5.03. The Bertz CT molecular complexity index is 1160. The van der Waals surface area contributed by atoms with E-state index < -0.39 is 5.97 Å². The van der Waals surface area contributed by atoms with Gasteiger partial charge in [-0.15, -0.1) is 21.5 Å². The highest BCUT2D eigenvalue weighted by atomic mass is 32.2. The van der Waals surface area contributed by atoms with Crippen LogP contribution in [-0.2, 0) is 29.1 Å². The summed E-state index contributed by atoms with van der Waals surface area (Å²) in [5.41, 5.74) is 2.66. The second-order valence-corrected chi connectivity index (χ2v) is 9.58. The van der Waals surface area contributed by atoms with Gasteiger partial charge in [-0.1, -0.05) is 30.8 Å². The minimum atomic E-state index is -0.430. The fourth-order valence-electron chi connectivity index (χ4n) is 3.24. The first-order chi connectivity index (χ1) is 16.4. The maximum Gasteiger partial charge on any atom is 0.341 e. The zero-order valence-electron chi connectivity index (χ0n) is 20.1. The van der Waals surface area contributed by atoms with Crippen molar-refractivity contribution in [1.82, 2.24) is 14.8 Å². The Balaban J connectivity index is 1.63. The first-order valence-corrected chi connectivity index (χ1v) is 13.0. The second-order valence-electron chi connectivity index (χ2n) is 7.50. The smallest absolute Gasteiger partial charge is 0.341 e. The molecule has 1 amide bonds. The molecule has 8 nitrogen and oxygen atoms in total. The molecule has 0 spiro atoms. The molecule has 0 aliphatic rings. The standard InChI is InChI=1S/C24H30N4O4S2/c1-6-17-12-18(23(30)31-8-3)22(34-17)25-21(29)14-33-24-27-26-20(28(24)7-2)13-32-19-11-9-10-15(4)16(19)5/h9-12H,6-8,13-14H2,1-5H3,(H,25,29). The van der Waals surface area contributed by atoms with Gasteiger partial charge in [0.1, 0.15) is 17.4 Å². The Morgan fingerprint density at radius 2 is 1.97 bits per heavy atom. The first kappa shape index (κ1) is 25.8.